The molecule has 0 bridgehead atoms. The highest BCUT2D eigenvalue weighted by atomic mass is 16.3. The third kappa shape index (κ3) is 5.09. The van der Waals surface area contributed by atoms with Crippen LogP contribution in [0.25, 0.3) is 0 Å². The lowest BCUT2D eigenvalue weighted by Crippen LogP contribution is -2.51. The first-order chi connectivity index (χ1) is 10.9. The first-order valence-corrected chi connectivity index (χ1v) is 8.99. The van der Waals surface area contributed by atoms with E-state index in [1.54, 1.807) is 0 Å². The lowest BCUT2D eigenvalue weighted by atomic mass is 9.80. The number of nitrogens with one attached hydrogen (secondary N) is 2. The molecular formula is C17H32N4O2. The number of aliphatic imine (C=N–C) groups is 1. The molecular weight excluding hydrogens is 292 g/mol. The Morgan fingerprint density at radius 3 is 2.48 bits per heavy atom. The number of amides is 1. The quantitative estimate of drug-likeness (QED) is 0.523. The number of hydrogen-bond acceptors (Lipinski definition) is 3. The van der Waals surface area contributed by atoms with Crippen LogP contribution in [0.1, 0.15) is 52.9 Å². The van der Waals surface area contributed by atoms with Gasteiger partial charge < -0.3 is 20.6 Å². The fourth-order valence-corrected chi connectivity index (χ4v) is 3.09. The summed E-state index contributed by atoms with van der Waals surface area (Å²) in [7, 11) is 0. The van der Waals surface area contributed by atoms with Gasteiger partial charge in [-0.1, -0.05) is 13.8 Å². The standard InChI is InChI=1S/C17H32N4O2/c1-4-18-16(19-12-17(23)8-5-9-17)20-14-6-10-21(11-7-14)15(22)13(2)3/h13-14,23H,4-12H2,1-3H3,(H2,18,19,20). The Labute approximate surface area is 139 Å². The number of aliphatic hydroxyl groups is 1. The highest BCUT2D eigenvalue weighted by molar-refractivity contribution is 5.80. The fraction of sp³-hybridized carbons (Fsp3) is 0.882. The summed E-state index contributed by atoms with van der Waals surface area (Å²) in [6.07, 6.45) is 4.68. The smallest absolute Gasteiger partial charge is 0.225 e. The Balaban J connectivity index is 1.82. The van der Waals surface area contributed by atoms with Gasteiger partial charge >= 0.3 is 0 Å². The minimum absolute atomic E-state index is 0.0709. The predicted octanol–water partition coefficient (Wildman–Crippen LogP) is 1.10. The van der Waals surface area contributed by atoms with Crippen LogP contribution in [-0.4, -0.2) is 59.7 Å². The number of piperidine rings is 1. The summed E-state index contributed by atoms with van der Waals surface area (Å²) in [5, 5.41) is 16.9. The molecule has 2 rings (SSSR count). The van der Waals surface area contributed by atoms with Crippen molar-refractivity contribution in [1.29, 1.82) is 0 Å². The summed E-state index contributed by atoms with van der Waals surface area (Å²) in [6, 6.07) is 0.333. The monoisotopic (exact) mass is 324 g/mol. The average molecular weight is 324 g/mol. The van der Waals surface area contributed by atoms with E-state index >= 15 is 0 Å². The van der Waals surface area contributed by atoms with Gasteiger partial charge in [-0.05, 0) is 39.0 Å². The number of carbonyl (C=O) groups excluding carboxylic acids is 1. The summed E-state index contributed by atoms with van der Waals surface area (Å²) in [5.41, 5.74) is -0.588. The molecule has 1 heterocycles. The maximum absolute atomic E-state index is 12.0. The van der Waals surface area contributed by atoms with E-state index in [0.717, 1.165) is 57.7 Å². The normalized spacial score (nSPS) is 22.0. The third-order valence-corrected chi connectivity index (χ3v) is 4.80. The Bertz CT molecular complexity index is 424. The van der Waals surface area contributed by atoms with Gasteiger partial charge in [-0.25, -0.2) is 0 Å². The maximum Gasteiger partial charge on any atom is 0.225 e. The number of nitrogens with zero attached hydrogens (tertiary/aromatic N) is 2. The zero-order valence-corrected chi connectivity index (χ0v) is 14.8. The largest absolute Gasteiger partial charge is 0.388 e. The van der Waals surface area contributed by atoms with Crippen LogP contribution < -0.4 is 10.6 Å². The molecule has 0 radical (unpaired) electrons. The van der Waals surface area contributed by atoms with Crippen molar-refractivity contribution < 1.29 is 9.90 Å². The van der Waals surface area contributed by atoms with Crippen LogP contribution in [0.4, 0.5) is 0 Å². The van der Waals surface area contributed by atoms with Crippen molar-refractivity contribution in [3.63, 3.8) is 0 Å². The van der Waals surface area contributed by atoms with Crippen molar-refractivity contribution in [3.8, 4) is 0 Å². The lowest BCUT2D eigenvalue weighted by molar-refractivity contribution is -0.135. The zero-order valence-electron chi connectivity index (χ0n) is 14.8. The molecule has 0 spiro atoms. The van der Waals surface area contributed by atoms with Crippen LogP contribution >= 0.6 is 0 Å². The molecule has 1 amide bonds. The number of carbonyl (C=O) groups is 1. The second kappa shape index (κ2) is 7.99. The molecule has 2 fully saturated rings. The molecule has 6 nitrogen and oxygen atoms in total. The SMILES string of the molecule is CCNC(=NCC1(O)CCC1)NC1CCN(C(=O)C(C)C)CC1. The number of rotatable bonds is 5. The van der Waals surface area contributed by atoms with E-state index < -0.39 is 5.60 Å². The van der Waals surface area contributed by atoms with Crippen LogP contribution in [0, 0.1) is 5.92 Å². The molecule has 1 aliphatic carbocycles. The van der Waals surface area contributed by atoms with Gasteiger partial charge in [-0.3, -0.25) is 9.79 Å². The van der Waals surface area contributed by atoms with Gasteiger partial charge in [-0.15, -0.1) is 0 Å². The topological polar surface area (TPSA) is 77.0 Å². The molecule has 0 atom stereocenters. The molecule has 23 heavy (non-hydrogen) atoms. The minimum atomic E-state index is -0.588. The molecule has 0 aromatic rings. The molecule has 0 aromatic carbocycles. The highest BCUT2D eigenvalue weighted by Crippen LogP contribution is 2.31. The number of likely N-dealkylation sites (tertiary alicyclic amines) is 1. The first kappa shape index (κ1) is 18.0. The van der Waals surface area contributed by atoms with Crippen molar-refractivity contribution in [3.05, 3.63) is 0 Å². The van der Waals surface area contributed by atoms with E-state index in [1.807, 2.05) is 25.7 Å². The van der Waals surface area contributed by atoms with Gasteiger partial charge in [-0.2, -0.15) is 0 Å². The Morgan fingerprint density at radius 1 is 1.35 bits per heavy atom. The van der Waals surface area contributed by atoms with Gasteiger partial charge in [0.25, 0.3) is 0 Å². The summed E-state index contributed by atoms with van der Waals surface area (Å²) in [4.78, 5) is 18.5. The van der Waals surface area contributed by atoms with E-state index in [-0.39, 0.29) is 11.8 Å². The van der Waals surface area contributed by atoms with E-state index in [0.29, 0.717) is 12.6 Å². The second-order valence-corrected chi connectivity index (χ2v) is 7.17. The average Bonchev–Trinajstić information content (AvgIpc) is 2.51. The van der Waals surface area contributed by atoms with Crippen LogP contribution in [0.5, 0.6) is 0 Å². The predicted molar refractivity (Wildman–Crippen MR) is 92.4 cm³/mol. The van der Waals surface area contributed by atoms with Crippen molar-refractivity contribution in [2.75, 3.05) is 26.2 Å². The van der Waals surface area contributed by atoms with Crippen LogP contribution in [0.15, 0.2) is 4.99 Å². The summed E-state index contributed by atoms with van der Waals surface area (Å²) >= 11 is 0. The highest BCUT2D eigenvalue weighted by Gasteiger charge is 2.34. The molecule has 0 unspecified atom stereocenters. The van der Waals surface area contributed by atoms with E-state index in [1.165, 1.54) is 0 Å². The van der Waals surface area contributed by atoms with E-state index in [9.17, 15) is 9.90 Å². The fourth-order valence-electron chi connectivity index (χ4n) is 3.09. The van der Waals surface area contributed by atoms with Crippen LogP contribution in [-0.2, 0) is 4.79 Å². The summed E-state index contributed by atoms with van der Waals surface area (Å²) < 4.78 is 0. The minimum Gasteiger partial charge on any atom is -0.388 e. The first-order valence-electron chi connectivity index (χ1n) is 8.99. The maximum atomic E-state index is 12.0. The Hall–Kier alpha value is -1.30. The van der Waals surface area contributed by atoms with Gasteiger partial charge in [0.15, 0.2) is 5.96 Å². The summed E-state index contributed by atoms with van der Waals surface area (Å²) in [5.74, 6) is 1.10. The van der Waals surface area contributed by atoms with Crippen molar-refractivity contribution in [1.82, 2.24) is 15.5 Å². The van der Waals surface area contributed by atoms with E-state index in [4.69, 9.17) is 0 Å². The van der Waals surface area contributed by atoms with Crippen LogP contribution in [0.3, 0.4) is 0 Å². The molecule has 6 heteroatoms. The lowest BCUT2D eigenvalue weighted by Gasteiger charge is -2.36. The molecule has 0 aromatic heterocycles. The molecule has 1 aliphatic heterocycles. The molecule has 1 saturated carbocycles. The Morgan fingerprint density at radius 2 is 2.00 bits per heavy atom. The van der Waals surface area contributed by atoms with Crippen molar-refractivity contribution in [2.45, 2.75) is 64.5 Å². The molecule has 2 aliphatic rings. The van der Waals surface area contributed by atoms with Gasteiger partial charge in [0.05, 0.1) is 12.1 Å². The summed E-state index contributed by atoms with van der Waals surface area (Å²) in [6.45, 7) is 8.82. The number of guanidine groups is 1. The van der Waals surface area contributed by atoms with Crippen molar-refractivity contribution >= 4 is 11.9 Å². The molecule has 132 valence electrons. The second-order valence-electron chi connectivity index (χ2n) is 7.17. The molecule has 3 N–H and O–H groups in total. The third-order valence-electron chi connectivity index (χ3n) is 4.80. The van der Waals surface area contributed by atoms with Gasteiger partial charge in [0.1, 0.15) is 0 Å². The van der Waals surface area contributed by atoms with E-state index in [2.05, 4.69) is 15.6 Å². The van der Waals surface area contributed by atoms with Gasteiger partial charge in [0, 0.05) is 31.6 Å². The number of hydrogen-bond donors (Lipinski definition) is 3. The van der Waals surface area contributed by atoms with Crippen molar-refractivity contribution in [2.24, 2.45) is 10.9 Å². The zero-order chi connectivity index (χ0) is 16.9. The van der Waals surface area contributed by atoms with Crippen LogP contribution in [0.2, 0.25) is 0 Å². The van der Waals surface area contributed by atoms with Gasteiger partial charge in [0.2, 0.25) is 5.91 Å². The Kier molecular flexibility index (Phi) is 6.27. The molecule has 1 saturated heterocycles.